The average molecular weight is 507 g/mol. The number of anilines is 1. The van der Waals surface area contributed by atoms with Gasteiger partial charge in [0.05, 0.1) is 6.26 Å². The zero-order valence-electron chi connectivity index (χ0n) is 19.8. The Morgan fingerprint density at radius 1 is 1.05 bits per heavy atom. The summed E-state index contributed by atoms with van der Waals surface area (Å²) in [5.41, 5.74) is 0.693. The fraction of sp³-hybridized carbons (Fsp3) is 0.269. The van der Waals surface area contributed by atoms with Gasteiger partial charge >= 0.3 is 0 Å². The highest BCUT2D eigenvalue weighted by molar-refractivity contribution is 6.01. The molecule has 1 saturated carbocycles. The van der Waals surface area contributed by atoms with Crippen molar-refractivity contribution in [3.63, 3.8) is 0 Å². The van der Waals surface area contributed by atoms with E-state index in [2.05, 4.69) is 20.7 Å². The van der Waals surface area contributed by atoms with E-state index in [4.69, 9.17) is 4.42 Å². The Kier molecular flexibility index (Phi) is 7.02. The Morgan fingerprint density at radius 3 is 2.54 bits per heavy atom. The van der Waals surface area contributed by atoms with Crippen LogP contribution in [0.1, 0.15) is 37.5 Å². The molecule has 37 heavy (non-hydrogen) atoms. The van der Waals surface area contributed by atoms with Crippen LogP contribution in [0.5, 0.6) is 0 Å². The molecule has 1 aliphatic carbocycles. The largest absolute Gasteiger partial charge is 0.467 e. The number of aromatic nitrogens is 4. The van der Waals surface area contributed by atoms with Crippen LogP contribution in [-0.4, -0.2) is 38.1 Å². The van der Waals surface area contributed by atoms with Crippen LogP contribution in [0.25, 0.3) is 11.4 Å². The molecule has 2 heterocycles. The molecule has 1 fully saturated rings. The minimum atomic E-state index is -1.19. The van der Waals surface area contributed by atoms with Crippen LogP contribution in [0.2, 0.25) is 0 Å². The molecule has 9 nitrogen and oxygen atoms in total. The molecule has 0 aliphatic heterocycles. The van der Waals surface area contributed by atoms with Crippen molar-refractivity contribution >= 4 is 17.5 Å². The van der Waals surface area contributed by atoms with Crippen LogP contribution in [0.15, 0.2) is 71.3 Å². The molecule has 0 spiro atoms. The highest BCUT2D eigenvalue weighted by atomic mass is 19.1. The summed E-state index contributed by atoms with van der Waals surface area (Å²) in [5.74, 6) is -1.56. The van der Waals surface area contributed by atoms with Gasteiger partial charge in [-0.05, 0) is 72.7 Å². The standard InChI is InChI=1S/C26H24F2N6O3/c27-18-12-10-17(11-13-18)25-30-32-33(31-25)16-23(35)34(21-8-3-5-19(28)15-21)24(22-9-4-14-37-22)26(36)29-20-6-1-2-7-20/h3-5,8-15,20,24H,1-2,6-7,16H2,(H,29,36). The van der Waals surface area contributed by atoms with Crippen LogP contribution >= 0.6 is 0 Å². The van der Waals surface area contributed by atoms with Crippen molar-refractivity contribution in [1.82, 2.24) is 25.5 Å². The molecule has 0 bridgehead atoms. The molecular formula is C26H24F2N6O3. The zero-order chi connectivity index (χ0) is 25.8. The fourth-order valence-electron chi connectivity index (χ4n) is 4.46. The van der Waals surface area contributed by atoms with Crippen molar-refractivity contribution < 1.29 is 22.8 Å². The van der Waals surface area contributed by atoms with Crippen molar-refractivity contribution in [2.24, 2.45) is 0 Å². The Hall–Kier alpha value is -4.41. The number of tetrazole rings is 1. The predicted molar refractivity (Wildman–Crippen MR) is 129 cm³/mol. The van der Waals surface area contributed by atoms with E-state index in [1.54, 1.807) is 18.2 Å². The number of carbonyl (C=O) groups is 2. The third-order valence-electron chi connectivity index (χ3n) is 6.21. The lowest BCUT2D eigenvalue weighted by atomic mass is 10.1. The second-order valence-corrected chi connectivity index (χ2v) is 8.80. The van der Waals surface area contributed by atoms with Gasteiger partial charge in [0, 0.05) is 17.3 Å². The second kappa shape index (κ2) is 10.7. The maximum Gasteiger partial charge on any atom is 0.251 e. The molecule has 2 aromatic carbocycles. The van der Waals surface area contributed by atoms with Crippen LogP contribution in [0.4, 0.5) is 14.5 Å². The minimum absolute atomic E-state index is 0.00956. The molecule has 5 rings (SSSR count). The van der Waals surface area contributed by atoms with Gasteiger partial charge in [0.1, 0.15) is 23.9 Å². The Bertz CT molecular complexity index is 1370. The van der Waals surface area contributed by atoms with Gasteiger partial charge in [-0.15, -0.1) is 10.2 Å². The van der Waals surface area contributed by atoms with Crippen LogP contribution < -0.4 is 10.2 Å². The van der Waals surface area contributed by atoms with Crippen LogP contribution in [0.3, 0.4) is 0 Å². The first-order chi connectivity index (χ1) is 18.0. The lowest BCUT2D eigenvalue weighted by molar-refractivity contribution is -0.128. The summed E-state index contributed by atoms with van der Waals surface area (Å²) in [4.78, 5) is 29.5. The Labute approximate surface area is 211 Å². The van der Waals surface area contributed by atoms with E-state index < -0.39 is 36.0 Å². The zero-order valence-corrected chi connectivity index (χ0v) is 19.8. The molecule has 4 aromatic rings. The monoisotopic (exact) mass is 506 g/mol. The predicted octanol–water partition coefficient (Wildman–Crippen LogP) is 4.04. The van der Waals surface area contributed by atoms with Crippen molar-refractivity contribution in [2.75, 3.05) is 4.90 Å². The van der Waals surface area contributed by atoms with Gasteiger partial charge in [0.15, 0.2) is 6.04 Å². The molecule has 1 N–H and O–H groups in total. The number of halogens is 2. The Balaban J connectivity index is 1.47. The molecule has 1 atom stereocenters. The maximum atomic E-state index is 14.2. The molecular weight excluding hydrogens is 482 g/mol. The lowest BCUT2D eigenvalue weighted by Gasteiger charge is -2.30. The number of furan rings is 1. The van der Waals surface area contributed by atoms with E-state index in [9.17, 15) is 18.4 Å². The van der Waals surface area contributed by atoms with Gasteiger partial charge in [-0.25, -0.2) is 8.78 Å². The normalized spacial score (nSPS) is 14.4. The number of nitrogens with one attached hydrogen (secondary N) is 1. The number of hydrogen-bond donors (Lipinski definition) is 1. The quantitative estimate of drug-likeness (QED) is 0.387. The number of benzene rings is 2. The molecule has 0 radical (unpaired) electrons. The first-order valence-corrected chi connectivity index (χ1v) is 11.9. The van der Waals surface area contributed by atoms with E-state index >= 15 is 0 Å². The first kappa shape index (κ1) is 24.3. The molecule has 1 aliphatic rings. The van der Waals surface area contributed by atoms with Gasteiger partial charge in [-0.2, -0.15) is 4.80 Å². The Morgan fingerprint density at radius 2 is 1.84 bits per heavy atom. The first-order valence-electron chi connectivity index (χ1n) is 11.9. The maximum absolute atomic E-state index is 14.2. The summed E-state index contributed by atoms with van der Waals surface area (Å²) in [7, 11) is 0. The summed E-state index contributed by atoms with van der Waals surface area (Å²) in [5, 5.41) is 15.1. The highest BCUT2D eigenvalue weighted by Gasteiger charge is 2.36. The van der Waals surface area contributed by atoms with Gasteiger partial charge in [-0.1, -0.05) is 18.9 Å². The van der Waals surface area contributed by atoms with Gasteiger partial charge in [0.25, 0.3) is 11.8 Å². The number of rotatable bonds is 8. The number of carbonyl (C=O) groups excluding carboxylic acids is 2. The van der Waals surface area contributed by atoms with E-state index in [0.29, 0.717) is 5.56 Å². The fourth-order valence-corrected chi connectivity index (χ4v) is 4.46. The van der Waals surface area contributed by atoms with Gasteiger partial charge < -0.3 is 9.73 Å². The summed E-state index contributed by atoms with van der Waals surface area (Å²) >= 11 is 0. The van der Waals surface area contributed by atoms with E-state index in [-0.39, 0.29) is 23.3 Å². The SMILES string of the molecule is O=C(NC1CCCC1)C(c1ccco1)N(C(=O)Cn1nnc(-c2ccc(F)cc2)n1)c1cccc(F)c1. The third kappa shape index (κ3) is 5.55. The summed E-state index contributed by atoms with van der Waals surface area (Å²) in [6.07, 6.45) is 5.13. The molecule has 11 heteroatoms. The van der Waals surface area contributed by atoms with Crippen molar-refractivity contribution in [3.8, 4) is 11.4 Å². The second-order valence-electron chi connectivity index (χ2n) is 8.80. The summed E-state index contributed by atoms with van der Waals surface area (Å²) in [6, 6.07) is 13.0. The topological polar surface area (TPSA) is 106 Å². The minimum Gasteiger partial charge on any atom is -0.467 e. The average Bonchev–Trinajstić information content (AvgIpc) is 3.66. The van der Waals surface area contributed by atoms with E-state index in [1.807, 2.05) is 0 Å². The van der Waals surface area contributed by atoms with E-state index in [0.717, 1.165) is 30.5 Å². The number of hydrogen-bond acceptors (Lipinski definition) is 6. The van der Waals surface area contributed by atoms with Crippen molar-refractivity contribution in [3.05, 3.63) is 84.3 Å². The van der Waals surface area contributed by atoms with E-state index in [1.165, 1.54) is 53.6 Å². The number of amides is 2. The van der Waals surface area contributed by atoms with Gasteiger partial charge in [0.2, 0.25) is 5.82 Å². The molecule has 190 valence electrons. The van der Waals surface area contributed by atoms with Crippen molar-refractivity contribution in [2.45, 2.75) is 44.3 Å². The number of nitrogens with zero attached hydrogens (tertiary/aromatic N) is 5. The molecule has 2 aromatic heterocycles. The molecule has 2 amide bonds. The molecule has 0 saturated heterocycles. The summed E-state index contributed by atoms with van der Waals surface area (Å²) < 4.78 is 33.1. The van der Waals surface area contributed by atoms with Crippen LogP contribution in [-0.2, 0) is 16.1 Å². The van der Waals surface area contributed by atoms with Crippen molar-refractivity contribution in [1.29, 1.82) is 0 Å². The highest BCUT2D eigenvalue weighted by Crippen LogP contribution is 2.30. The summed E-state index contributed by atoms with van der Waals surface area (Å²) in [6.45, 7) is -0.390. The smallest absolute Gasteiger partial charge is 0.251 e. The van der Waals surface area contributed by atoms with Crippen LogP contribution in [0, 0.1) is 11.6 Å². The van der Waals surface area contributed by atoms with Gasteiger partial charge in [-0.3, -0.25) is 14.5 Å². The third-order valence-corrected chi connectivity index (χ3v) is 6.21. The lowest BCUT2D eigenvalue weighted by Crippen LogP contribution is -2.47. The molecule has 1 unspecified atom stereocenters.